The van der Waals surface area contributed by atoms with Gasteiger partial charge in [0.1, 0.15) is 11.9 Å². The molecule has 0 radical (unpaired) electrons. The lowest BCUT2D eigenvalue weighted by atomic mass is 10.0. The van der Waals surface area contributed by atoms with E-state index in [0.29, 0.717) is 12.8 Å². The summed E-state index contributed by atoms with van der Waals surface area (Å²) in [7, 11) is 0. The molecule has 30 heavy (non-hydrogen) atoms. The van der Waals surface area contributed by atoms with E-state index < -0.39 is 17.7 Å². The quantitative estimate of drug-likeness (QED) is 0.487. The predicted octanol–water partition coefficient (Wildman–Crippen LogP) is 5.94. The van der Waals surface area contributed by atoms with Gasteiger partial charge in [-0.2, -0.15) is 22.0 Å². The Morgan fingerprint density at radius 1 is 0.867 bits per heavy atom. The third-order valence-corrected chi connectivity index (χ3v) is 5.28. The van der Waals surface area contributed by atoms with Gasteiger partial charge < -0.3 is 9.64 Å². The fourth-order valence-electron chi connectivity index (χ4n) is 3.67. The summed E-state index contributed by atoms with van der Waals surface area (Å²) in [6.07, 6.45) is -2.57. The monoisotopic (exact) mass is 422 g/mol. The molecule has 0 bridgehead atoms. The molecule has 0 spiro atoms. The summed E-state index contributed by atoms with van der Waals surface area (Å²) >= 11 is 0. The normalized spacial score (nSPS) is 16.1. The van der Waals surface area contributed by atoms with E-state index in [1.165, 1.54) is 0 Å². The minimum Gasteiger partial charge on any atom is -0.490 e. The van der Waals surface area contributed by atoms with E-state index in [4.69, 9.17) is 4.74 Å². The molecular formula is C22H19F5N2O. The van der Waals surface area contributed by atoms with Gasteiger partial charge in [0.15, 0.2) is 0 Å². The second-order valence-corrected chi connectivity index (χ2v) is 7.25. The first-order chi connectivity index (χ1) is 14.3. The molecule has 1 aliphatic rings. The van der Waals surface area contributed by atoms with Crippen molar-refractivity contribution in [3.8, 4) is 5.75 Å². The second kappa shape index (κ2) is 7.74. The van der Waals surface area contributed by atoms with Gasteiger partial charge in [-0.15, -0.1) is 0 Å². The summed E-state index contributed by atoms with van der Waals surface area (Å²) in [4.78, 5) is 6.62. The van der Waals surface area contributed by atoms with Crippen molar-refractivity contribution >= 4 is 16.6 Å². The van der Waals surface area contributed by atoms with Crippen LogP contribution in [0, 0.1) is 0 Å². The molecule has 1 saturated heterocycles. The van der Waals surface area contributed by atoms with E-state index >= 15 is 0 Å². The SMILES string of the molecule is FC(F)(F)C(F)(F)c1ccc(OC2CCN(c3ccnc4ccccc34)CC2)cc1. The van der Waals surface area contributed by atoms with Crippen molar-refractivity contribution in [1.82, 2.24) is 4.98 Å². The third kappa shape index (κ3) is 3.91. The Hall–Kier alpha value is -2.90. The lowest BCUT2D eigenvalue weighted by Crippen LogP contribution is -2.38. The summed E-state index contributed by atoms with van der Waals surface area (Å²) in [6, 6.07) is 13.7. The van der Waals surface area contributed by atoms with Gasteiger partial charge in [-0.1, -0.05) is 18.2 Å². The van der Waals surface area contributed by atoms with Crippen LogP contribution in [0.2, 0.25) is 0 Å². The highest BCUT2D eigenvalue weighted by atomic mass is 19.4. The number of fused-ring (bicyclic) bond motifs is 1. The number of alkyl halides is 5. The minimum atomic E-state index is -5.63. The van der Waals surface area contributed by atoms with Crippen LogP contribution in [0.5, 0.6) is 5.75 Å². The third-order valence-electron chi connectivity index (χ3n) is 5.28. The summed E-state index contributed by atoms with van der Waals surface area (Å²) in [5, 5.41) is 1.07. The highest BCUT2D eigenvalue weighted by Crippen LogP contribution is 2.44. The Morgan fingerprint density at radius 2 is 1.53 bits per heavy atom. The predicted molar refractivity (Wildman–Crippen MR) is 104 cm³/mol. The molecule has 4 rings (SSSR count). The topological polar surface area (TPSA) is 25.4 Å². The van der Waals surface area contributed by atoms with Crippen LogP contribution in [-0.2, 0) is 5.92 Å². The number of ether oxygens (including phenoxy) is 1. The van der Waals surface area contributed by atoms with E-state index in [2.05, 4.69) is 9.88 Å². The molecule has 158 valence electrons. The molecule has 0 unspecified atom stereocenters. The number of nitrogens with zero attached hydrogens (tertiary/aromatic N) is 2. The van der Waals surface area contributed by atoms with E-state index in [0.717, 1.165) is 53.9 Å². The highest BCUT2D eigenvalue weighted by Gasteiger charge is 2.58. The van der Waals surface area contributed by atoms with E-state index in [1.807, 2.05) is 30.3 Å². The van der Waals surface area contributed by atoms with Crippen LogP contribution in [0.4, 0.5) is 27.6 Å². The van der Waals surface area contributed by atoms with Gasteiger partial charge in [0.2, 0.25) is 0 Å². The summed E-state index contributed by atoms with van der Waals surface area (Å²) < 4.78 is 70.0. The van der Waals surface area contributed by atoms with Crippen molar-refractivity contribution < 1.29 is 26.7 Å². The molecule has 0 aliphatic carbocycles. The lowest BCUT2D eigenvalue weighted by Gasteiger charge is -2.34. The minimum absolute atomic E-state index is 0.136. The number of pyridine rings is 1. The zero-order chi connectivity index (χ0) is 21.4. The summed E-state index contributed by atoms with van der Waals surface area (Å²) in [6.45, 7) is 1.48. The van der Waals surface area contributed by atoms with E-state index in [1.54, 1.807) is 6.20 Å². The number of para-hydroxylation sites is 1. The largest absolute Gasteiger partial charge is 0.490 e. The van der Waals surface area contributed by atoms with Crippen LogP contribution in [0.15, 0.2) is 60.8 Å². The molecule has 8 heteroatoms. The molecule has 0 saturated carbocycles. The number of halogens is 5. The first-order valence-corrected chi connectivity index (χ1v) is 9.56. The number of hydrogen-bond donors (Lipinski definition) is 0. The molecule has 1 fully saturated rings. The van der Waals surface area contributed by atoms with E-state index in [9.17, 15) is 22.0 Å². The summed E-state index contributed by atoms with van der Waals surface area (Å²) in [5.41, 5.74) is 0.920. The standard InChI is InChI=1S/C22H19F5N2O/c23-21(24,22(25,26)27)15-5-7-16(8-6-15)30-17-10-13-29(14-11-17)20-9-12-28-19-4-2-1-3-18(19)20/h1-9,12,17H,10-11,13-14H2. The maximum atomic E-state index is 13.4. The number of hydrogen-bond acceptors (Lipinski definition) is 3. The molecule has 0 N–H and O–H groups in total. The number of rotatable bonds is 4. The van der Waals surface area contributed by atoms with Gasteiger partial charge in [-0.25, -0.2) is 0 Å². The van der Waals surface area contributed by atoms with E-state index in [-0.39, 0.29) is 11.9 Å². The number of anilines is 1. The van der Waals surface area contributed by atoms with Gasteiger partial charge in [-0.05, 0) is 36.4 Å². The van der Waals surface area contributed by atoms with Crippen LogP contribution in [0.3, 0.4) is 0 Å². The Balaban J connectivity index is 1.39. The van der Waals surface area contributed by atoms with Gasteiger partial charge in [0.25, 0.3) is 0 Å². The average molecular weight is 422 g/mol. The Labute approximate surface area is 170 Å². The van der Waals surface area contributed by atoms with Crippen LogP contribution < -0.4 is 9.64 Å². The molecule has 0 amide bonds. The Kier molecular flexibility index (Phi) is 5.26. The van der Waals surface area contributed by atoms with Gasteiger partial charge in [-0.3, -0.25) is 4.98 Å². The molecule has 2 aromatic carbocycles. The Bertz CT molecular complexity index is 1010. The summed E-state index contributed by atoms with van der Waals surface area (Å²) in [5.74, 6) is -4.60. The number of piperidine rings is 1. The smallest absolute Gasteiger partial charge is 0.458 e. The van der Waals surface area contributed by atoms with Crippen molar-refractivity contribution in [2.45, 2.75) is 31.0 Å². The first-order valence-electron chi connectivity index (χ1n) is 9.56. The Morgan fingerprint density at radius 3 is 2.20 bits per heavy atom. The maximum Gasteiger partial charge on any atom is 0.458 e. The fraction of sp³-hybridized carbons (Fsp3) is 0.318. The zero-order valence-electron chi connectivity index (χ0n) is 15.9. The molecule has 1 aromatic heterocycles. The number of benzene rings is 2. The second-order valence-electron chi connectivity index (χ2n) is 7.25. The molecular weight excluding hydrogens is 403 g/mol. The van der Waals surface area contributed by atoms with Crippen molar-refractivity contribution in [2.75, 3.05) is 18.0 Å². The van der Waals surface area contributed by atoms with Crippen LogP contribution in [0.25, 0.3) is 10.9 Å². The van der Waals surface area contributed by atoms with Crippen LogP contribution in [0.1, 0.15) is 18.4 Å². The van der Waals surface area contributed by atoms with Crippen molar-refractivity contribution in [2.24, 2.45) is 0 Å². The molecule has 2 heterocycles. The molecule has 0 atom stereocenters. The average Bonchev–Trinajstić information content (AvgIpc) is 2.73. The lowest BCUT2D eigenvalue weighted by molar-refractivity contribution is -0.289. The van der Waals surface area contributed by atoms with Crippen molar-refractivity contribution in [1.29, 1.82) is 0 Å². The molecule has 3 aromatic rings. The number of aromatic nitrogens is 1. The van der Waals surface area contributed by atoms with Crippen molar-refractivity contribution in [3.63, 3.8) is 0 Å². The molecule has 3 nitrogen and oxygen atoms in total. The van der Waals surface area contributed by atoms with Crippen molar-refractivity contribution in [3.05, 3.63) is 66.4 Å². The van der Waals surface area contributed by atoms with Crippen LogP contribution in [-0.4, -0.2) is 30.4 Å². The van der Waals surface area contributed by atoms with Gasteiger partial charge >= 0.3 is 12.1 Å². The van der Waals surface area contributed by atoms with Gasteiger partial charge in [0, 0.05) is 48.8 Å². The zero-order valence-corrected chi connectivity index (χ0v) is 15.9. The molecule has 1 aliphatic heterocycles. The maximum absolute atomic E-state index is 13.4. The van der Waals surface area contributed by atoms with Gasteiger partial charge in [0.05, 0.1) is 5.52 Å². The first kappa shape index (κ1) is 20.4. The highest BCUT2D eigenvalue weighted by molar-refractivity contribution is 5.91. The van der Waals surface area contributed by atoms with Crippen LogP contribution >= 0.6 is 0 Å². The fourth-order valence-corrected chi connectivity index (χ4v) is 3.67.